The molecule has 0 bridgehead atoms. The molecule has 0 fully saturated rings. The molecule has 0 saturated carbocycles. The van der Waals surface area contributed by atoms with Crippen molar-refractivity contribution in [3.05, 3.63) is 24.3 Å². The smallest absolute Gasteiger partial charge is 0.226 e. The summed E-state index contributed by atoms with van der Waals surface area (Å²) in [7, 11) is 0. The number of carbonyl (C=O) groups excluding carboxylic acids is 2. The van der Waals surface area contributed by atoms with Crippen LogP contribution in [0.1, 0.15) is 13.3 Å². The largest absolute Gasteiger partial charge is 0.396 e. The van der Waals surface area contributed by atoms with E-state index in [1.54, 1.807) is 24.3 Å². The van der Waals surface area contributed by atoms with Gasteiger partial charge in [0.05, 0.1) is 13.0 Å². The molecule has 0 aliphatic rings. The van der Waals surface area contributed by atoms with Gasteiger partial charge in [-0.15, -0.1) is 0 Å². The number of aliphatic hydroxyl groups is 1. The zero-order valence-corrected chi connectivity index (χ0v) is 8.99. The first-order valence-electron chi connectivity index (χ1n) is 4.90. The molecule has 16 heavy (non-hydrogen) atoms. The molecule has 1 aromatic carbocycles. The Kier molecular flexibility index (Phi) is 4.47. The van der Waals surface area contributed by atoms with E-state index in [0.717, 1.165) is 0 Å². The number of anilines is 2. The van der Waals surface area contributed by atoms with Gasteiger partial charge in [0.1, 0.15) is 0 Å². The molecule has 1 rings (SSSR count). The van der Waals surface area contributed by atoms with E-state index in [0.29, 0.717) is 11.4 Å². The molecule has 0 aliphatic heterocycles. The van der Waals surface area contributed by atoms with E-state index in [-0.39, 0.29) is 24.8 Å². The number of benzene rings is 1. The number of hydrogen-bond acceptors (Lipinski definition) is 3. The molecule has 0 aromatic heterocycles. The summed E-state index contributed by atoms with van der Waals surface area (Å²) in [6.45, 7) is 1.23. The van der Waals surface area contributed by atoms with Crippen LogP contribution in [0.25, 0.3) is 0 Å². The molecule has 2 amide bonds. The Hall–Kier alpha value is -1.88. The highest BCUT2D eigenvalue weighted by Crippen LogP contribution is 2.15. The van der Waals surface area contributed by atoms with Crippen molar-refractivity contribution >= 4 is 23.2 Å². The molecule has 1 aromatic rings. The SMILES string of the molecule is CC(=O)Nc1cccc(NC(=O)CCO)c1. The fraction of sp³-hybridized carbons (Fsp3) is 0.273. The van der Waals surface area contributed by atoms with Gasteiger partial charge in [-0.1, -0.05) is 6.07 Å². The van der Waals surface area contributed by atoms with Gasteiger partial charge in [0.15, 0.2) is 0 Å². The Bertz CT molecular complexity index is 391. The lowest BCUT2D eigenvalue weighted by atomic mass is 10.2. The highest BCUT2D eigenvalue weighted by molar-refractivity contribution is 5.93. The second-order valence-corrected chi connectivity index (χ2v) is 3.28. The fourth-order valence-electron chi connectivity index (χ4n) is 1.20. The van der Waals surface area contributed by atoms with E-state index in [4.69, 9.17) is 5.11 Å². The second-order valence-electron chi connectivity index (χ2n) is 3.28. The van der Waals surface area contributed by atoms with E-state index in [9.17, 15) is 9.59 Å². The van der Waals surface area contributed by atoms with Gasteiger partial charge in [-0.05, 0) is 18.2 Å². The number of aliphatic hydroxyl groups excluding tert-OH is 1. The van der Waals surface area contributed by atoms with E-state index in [2.05, 4.69) is 10.6 Å². The fourth-order valence-corrected chi connectivity index (χ4v) is 1.20. The third kappa shape index (κ3) is 4.10. The topological polar surface area (TPSA) is 78.4 Å². The Labute approximate surface area is 93.5 Å². The van der Waals surface area contributed by atoms with Gasteiger partial charge < -0.3 is 15.7 Å². The van der Waals surface area contributed by atoms with Crippen LogP contribution in [0.3, 0.4) is 0 Å². The summed E-state index contributed by atoms with van der Waals surface area (Å²) in [4.78, 5) is 22.0. The normalized spacial score (nSPS) is 9.62. The molecule has 0 saturated heterocycles. The van der Waals surface area contributed by atoms with Crippen molar-refractivity contribution < 1.29 is 14.7 Å². The zero-order chi connectivity index (χ0) is 12.0. The van der Waals surface area contributed by atoms with E-state index in [1.165, 1.54) is 6.92 Å². The predicted octanol–water partition coefficient (Wildman–Crippen LogP) is 0.966. The summed E-state index contributed by atoms with van der Waals surface area (Å²) in [6.07, 6.45) is 0.0599. The summed E-state index contributed by atoms with van der Waals surface area (Å²) >= 11 is 0. The summed E-state index contributed by atoms with van der Waals surface area (Å²) in [5.74, 6) is -0.429. The lowest BCUT2D eigenvalue weighted by Gasteiger charge is -2.06. The first-order chi connectivity index (χ1) is 7.61. The summed E-state index contributed by atoms with van der Waals surface area (Å²) in [5, 5.41) is 13.8. The minimum Gasteiger partial charge on any atom is -0.396 e. The van der Waals surface area contributed by atoms with Gasteiger partial charge >= 0.3 is 0 Å². The van der Waals surface area contributed by atoms with Crippen LogP contribution in [0.4, 0.5) is 11.4 Å². The molecule has 0 aliphatic carbocycles. The quantitative estimate of drug-likeness (QED) is 0.710. The molecule has 86 valence electrons. The maximum absolute atomic E-state index is 11.2. The average molecular weight is 222 g/mol. The number of nitrogens with one attached hydrogen (secondary N) is 2. The van der Waals surface area contributed by atoms with Gasteiger partial charge in [0.25, 0.3) is 0 Å². The number of hydrogen-bond donors (Lipinski definition) is 3. The van der Waals surface area contributed by atoms with Crippen LogP contribution in [0.5, 0.6) is 0 Å². The average Bonchev–Trinajstić information content (AvgIpc) is 2.17. The van der Waals surface area contributed by atoms with Gasteiger partial charge in [-0.25, -0.2) is 0 Å². The third-order valence-corrected chi connectivity index (χ3v) is 1.81. The summed E-state index contributed by atoms with van der Waals surface area (Å²) in [5.41, 5.74) is 1.21. The van der Waals surface area contributed by atoms with Crippen molar-refractivity contribution in [1.29, 1.82) is 0 Å². The van der Waals surface area contributed by atoms with Crippen molar-refractivity contribution in [1.82, 2.24) is 0 Å². The molecular weight excluding hydrogens is 208 g/mol. The molecule has 0 heterocycles. The van der Waals surface area contributed by atoms with Gasteiger partial charge in [0.2, 0.25) is 11.8 Å². The molecule has 3 N–H and O–H groups in total. The minimum absolute atomic E-state index is 0.0599. The maximum atomic E-state index is 11.2. The van der Waals surface area contributed by atoms with Crippen molar-refractivity contribution in [2.75, 3.05) is 17.2 Å². The van der Waals surface area contributed by atoms with Crippen LogP contribution in [-0.4, -0.2) is 23.5 Å². The molecule has 0 atom stereocenters. The number of carbonyl (C=O) groups is 2. The highest BCUT2D eigenvalue weighted by Gasteiger charge is 2.02. The highest BCUT2D eigenvalue weighted by atomic mass is 16.3. The van der Waals surface area contributed by atoms with Crippen LogP contribution in [0.2, 0.25) is 0 Å². The van der Waals surface area contributed by atoms with Crippen molar-refractivity contribution in [2.24, 2.45) is 0 Å². The second kappa shape index (κ2) is 5.87. The minimum atomic E-state index is -0.262. The van der Waals surface area contributed by atoms with Gasteiger partial charge in [-0.2, -0.15) is 0 Å². The first kappa shape index (κ1) is 12.2. The Morgan fingerprint density at radius 2 is 1.88 bits per heavy atom. The number of amides is 2. The molecule has 5 heteroatoms. The van der Waals surface area contributed by atoms with Gasteiger partial charge in [-0.3, -0.25) is 9.59 Å². The molecule has 5 nitrogen and oxygen atoms in total. The van der Waals surface area contributed by atoms with E-state index >= 15 is 0 Å². The van der Waals surface area contributed by atoms with Crippen LogP contribution < -0.4 is 10.6 Å². The van der Waals surface area contributed by atoms with E-state index < -0.39 is 0 Å². The van der Waals surface area contributed by atoms with Crippen molar-refractivity contribution in [3.8, 4) is 0 Å². The zero-order valence-electron chi connectivity index (χ0n) is 8.99. The monoisotopic (exact) mass is 222 g/mol. The summed E-state index contributed by atoms with van der Waals surface area (Å²) < 4.78 is 0. The molecule has 0 unspecified atom stereocenters. The maximum Gasteiger partial charge on any atom is 0.226 e. The van der Waals surface area contributed by atoms with Crippen molar-refractivity contribution in [2.45, 2.75) is 13.3 Å². The third-order valence-electron chi connectivity index (χ3n) is 1.81. The van der Waals surface area contributed by atoms with Crippen LogP contribution in [0.15, 0.2) is 24.3 Å². The lowest BCUT2D eigenvalue weighted by Crippen LogP contribution is -2.13. The van der Waals surface area contributed by atoms with Crippen LogP contribution in [0, 0.1) is 0 Å². The molecular formula is C11H14N2O3. The summed E-state index contributed by atoms with van der Waals surface area (Å²) in [6, 6.07) is 6.81. The van der Waals surface area contributed by atoms with Gasteiger partial charge in [0, 0.05) is 18.3 Å². The standard InChI is InChI=1S/C11H14N2O3/c1-8(15)12-9-3-2-4-10(7-9)13-11(16)5-6-14/h2-4,7,14H,5-6H2,1H3,(H,12,15)(H,13,16). The molecule has 0 radical (unpaired) electrons. The lowest BCUT2D eigenvalue weighted by molar-refractivity contribution is -0.117. The Morgan fingerprint density at radius 3 is 2.44 bits per heavy atom. The van der Waals surface area contributed by atoms with E-state index in [1.807, 2.05) is 0 Å². The number of rotatable bonds is 4. The first-order valence-corrected chi connectivity index (χ1v) is 4.90. The van der Waals surface area contributed by atoms with Crippen LogP contribution in [-0.2, 0) is 9.59 Å². The Morgan fingerprint density at radius 1 is 1.25 bits per heavy atom. The molecule has 0 spiro atoms. The van der Waals surface area contributed by atoms with Crippen molar-refractivity contribution in [3.63, 3.8) is 0 Å². The van der Waals surface area contributed by atoms with Crippen LogP contribution >= 0.6 is 0 Å². The Balaban J connectivity index is 2.67. The predicted molar refractivity (Wildman–Crippen MR) is 61.1 cm³/mol.